The van der Waals surface area contributed by atoms with Gasteiger partial charge >= 0.3 is 0 Å². The Bertz CT molecular complexity index is 597. The van der Waals surface area contributed by atoms with Gasteiger partial charge in [0.25, 0.3) is 0 Å². The fourth-order valence-corrected chi connectivity index (χ4v) is 2.42. The second kappa shape index (κ2) is 5.72. The Morgan fingerprint density at radius 1 is 1.21 bits per heavy atom. The van der Waals surface area contributed by atoms with Crippen LogP contribution in [0.1, 0.15) is 24.2 Å². The van der Waals surface area contributed by atoms with Crippen LogP contribution in [0.3, 0.4) is 0 Å². The third kappa shape index (κ3) is 3.33. The summed E-state index contributed by atoms with van der Waals surface area (Å²) < 4.78 is 19.8. The Kier molecular flexibility index (Phi) is 4.22. The van der Waals surface area contributed by atoms with Crippen molar-refractivity contribution in [3.05, 3.63) is 57.8 Å². The number of aryl methyl sites for hydroxylation is 1. The maximum absolute atomic E-state index is 13.6. The van der Waals surface area contributed by atoms with E-state index >= 15 is 0 Å². The monoisotopic (exact) mass is 324 g/mol. The number of aliphatic hydroxyl groups is 1. The molecule has 4 heteroatoms. The van der Waals surface area contributed by atoms with Gasteiger partial charge in [-0.25, -0.2) is 4.39 Å². The Labute approximate surface area is 120 Å². The quantitative estimate of drug-likeness (QED) is 0.883. The van der Waals surface area contributed by atoms with Gasteiger partial charge in [0.2, 0.25) is 0 Å². The van der Waals surface area contributed by atoms with Crippen molar-refractivity contribution in [1.29, 1.82) is 0 Å². The van der Waals surface area contributed by atoms with Gasteiger partial charge in [0.1, 0.15) is 5.75 Å². The van der Waals surface area contributed by atoms with Crippen molar-refractivity contribution in [3.63, 3.8) is 0 Å². The summed E-state index contributed by atoms with van der Waals surface area (Å²) in [5.74, 6) is 0.304. The second-order valence-corrected chi connectivity index (χ2v) is 5.25. The van der Waals surface area contributed by atoms with Crippen molar-refractivity contribution in [1.82, 2.24) is 0 Å². The third-order valence-electron chi connectivity index (χ3n) is 2.74. The van der Waals surface area contributed by atoms with Crippen molar-refractivity contribution in [2.24, 2.45) is 0 Å². The molecule has 1 N–H and O–H groups in total. The lowest BCUT2D eigenvalue weighted by molar-refractivity contribution is 0.198. The number of hydrogen-bond acceptors (Lipinski definition) is 2. The molecule has 0 aromatic heterocycles. The number of benzene rings is 2. The molecule has 1 atom stereocenters. The van der Waals surface area contributed by atoms with Gasteiger partial charge in [-0.15, -0.1) is 0 Å². The maximum atomic E-state index is 13.6. The highest BCUT2D eigenvalue weighted by Gasteiger charge is 2.09. The molecule has 0 bridgehead atoms. The van der Waals surface area contributed by atoms with E-state index < -0.39 is 11.9 Å². The van der Waals surface area contributed by atoms with Crippen molar-refractivity contribution in [2.45, 2.75) is 20.0 Å². The average molecular weight is 325 g/mol. The van der Waals surface area contributed by atoms with Crippen LogP contribution >= 0.6 is 15.9 Å². The van der Waals surface area contributed by atoms with E-state index in [0.717, 1.165) is 15.6 Å². The Hall–Kier alpha value is -1.39. The van der Waals surface area contributed by atoms with E-state index in [1.165, 1.54) is 6.07 Å². The molecule has 0 saturated heterocycles. The van der Waals surface area contributed by atoms with Crippen LogP contribution in [0.15, 0.2) is 40.9 Å². The first kappa shape index (κ1) is 14.0. The van der Waals surface area contributed by atoms with Crippen LogP contribution in [0.25, 0.3) is 0 Å². The number of ether oxygens (including phenoxy) is 1. The molecule has 100 valence electrons. The van der Waals surface area contributed by atoms with E-state index in [1.807, 2.05) is 6.92 Å². The molecule has 2 rings (SSSR count). The molecule has 0 unspecified atom stereocenters. The first-order valence-corrected chi connectivity index (χ1v) is 6.68. The summed E-state index contributed by atoms with van der Waals surface area (Å²) in [6.07, 6.45) is -0.570. The lowest BCUT2D eigenvalue weighted by Crippen LogP contribution is -1.94. The zero-order valence-corrected chi connectivity index (χ0v) is 12.2. The Morgan fingerprint density at radius 2 is 1.95 bits per heavy atom. The molecule has 0 amide bonds. The normalized spacial score (nSPS) is 12.3. The van der Waals surface area contributed by atoms with Crippen LogP contribution < -0.4 is 4.74 Å². The van der Waals surface area contributed by atoms with E-state index in [0.29, 0.717) is 5.75 Å². The molecule has 0 aliphatic carbocycles. The SMILES string of the molecule is Cc1ccc(F)c(Oc2ccc([C@@H](C)O)c(Br)c2)c1. The molecule has 2 nitrogen and oxygen atoms in total. The predicted molar refractivity (Wildman–Crippen MR) is 76.0 cm³/mol. The molecule has 19 heavy (non-hydrogen) atoms. The lowest BCUT2D eigenvalue weighted by Gasteiger charge is -2.11. The van der Waals surface area contributed by atoms with E-state index in [-0.39, 0.29) is 5.75 Å². The highest BCUT2D eigenvalue weighted by molar-refractivity contribution is 9.10. The van der Waals surface area contributed by atoms with Crippen molar-refractivity contribution in [2.75, 3.05) is 0 Å². The Morgan fingerprint density at radius 3 is 2.58 bits per heavy atom. The predicted octanol–water partition coefficient (Wildman–Crippen LogP) is 4.74. The zero-order valence-electron chi connectivity index (χ0n) is 10.7. The molecule has 0 saturated carbocycles. The molecule has 2 aromatic carbocycles. The Balaban J connectivity index is 2.29. The summed E-state index contributed by atoms with van der Waals surface area (Å²) >= 11 is 3.36. The van der Waals surface area contributed by atoms with Gasteiger partial charge in [-0.05, 0) is 49.2 Å². The smallest absolute Gasteiger partial charge is 0.165 e. The summed E-state index contributed by atoms with van der Waals surface area (Å²) in [5, 5.41) is 9.53. The summed E-state index contributed by atoms with van der Waals surface area (Å²) in [6, 6.07) is 9.88. The van der Waals surface area contributed by atoms with Crippen LogP contribution in [0.2, 0.25) is 0 Å². The fraction of sp³-hybridized carbons (Fsp3) is 0.200. The molecule has 0 radical (unpaired) electrons. The largest absolute Gasteiger partial charge is 0.454 e. The molecular formula is C15H14BrFO2. The summed E-state index contributed by atoms with van der Waals surface area (Å²) in [4.78, 5) is 0. The first-order valence-electron chi connectivity index (χ1n) is 5.89. The van der Waals surface area contributed by atoms with Gasteiger partial charge in [-0.1, -0.05) is 28.1 Å². The number of halogens is 2. The molecule has 0 fully saturated rings. The second-order valence-electron chi connectivity index (χ2n) is 4.40. The topological polar surface area (TPSA) is 29.5 Å². The summed E-state index contributed by atoms with van der Waals surface area (Å²) in [6.45, 7) is 3.56. The van der Waals surface area contributed by atoms with E-state index in [4.69, 9.17) is 4.74 Å². The third-order valence-corrected chi connectivity index (χ3v) is 3.42. The van der Waals surface area contributed by atoms with Gasteiger partial charge in [0, 0.05) is 4.47 Å². The van der Waals surface area contributed by atoms with Gasteiger partial charge in [0.15, 0.2) is 11.6 Å². The van der Waals surface area contributed by atoms with Crippen molar-refractivity contribution >= 4 is 15.9 Å². The van der Waals surface area contributed by atoms with E-state index in [2.05, 4.69) is 15.9 Å². The summed E-state index contributed by atoms with van der Waals surface area (Å²) in [5.41, 5.74) is 1.69. The number of hydrogen-bond donors (Lipinski definition) is 1. The highest BCUT2D eigenvalue weighted by Crippen LogP contribution is 2.31. The van der Waals surface area contributed by atoms with Crippen LogP contribution in [-0.2, 0) is 0 Å². The van der Waals surface area contributed by atoms with Crippen LogP contribution in [-0.4, -0.2) is 5.11 Å². The van der Waals surface area contributed by atoms with E-state index in [1.54, 1.807) is 37.3 Å². The highest BCUT2D eigenvalue weighted by atomic mass is 79.9. The first-order chi connectivity index (χ1) is 8.97. The summed E-state index contributed by atoms with van der Waals surface area (Å²) in [7, 11) is 0. The standard InChI is InChI=1S/C15H14BrFO2/c1-9-3-6-14(17)15(7-9)19-11-4-5-12(10(2)18)13(16)8-11/h3-8,10,18H,1-2H3/t10-/m1/s1. The maximum Gasteiger partial charge on any atom is 0.165 e. The molecule has 0 aliphatic heterocycles. The molecular weight excluding hydrogens is 311 g/mol. The molecule has 0 heterocycles. The number of rotatable bonds is 3. The lowest BCUT2D eigenvalue weighted by atomic mass is 10.1. The zero-order chi connectivity index (χ0) is 14.0. The molecule has 0 aliphatic rings. The molecule has 2 aromatic rings. The van der Waals surface area contributed by atoms with Crippen molar-refractivity contribution < 1.29 is 14.2 Å². The van der Waals surface area contributed by atoms with Crippen LogP contribution in [0.4, 0.5) is 4.39 Å². The average Bonchev–Trinajstić information content (AvgIpc) is 2.33. The number of aliphatic hydroxyl groups excluding tert-OH is 1. The van der Waals surface area contributed by atoms with Crippen molar-refractivity contribution in [3.8, 4) is 11.5 Å². The minimum absolute atomic E-state index is 0.191. The van der Waals surface area contributed by atoms with Gasteiger partial charge in [0.05, 0.1) is 6.10 Å². The fourth-order valence-electron chi connectivity index (χ4n) is 1.73. The van der Waals surface area contributed by atoms with Gasteiger partial charge in [-0.3, -0.25) is 0 Å². The van der Waals surface area contributed by atoms with Crippen LogP contribution in [0.5, 0.6) is 11.5 Å². The molecule has 0 spiro atoms. The van der Waals surface area contributed by atoms with Gasteiger partial charge < -0.3 is 9.84 Å². The minimum atomic E-state index is -0.570. The van der Waals surface area contributed by atoms with Gasteiger partial charge in [-0.2, -0.15) is 0 Å². The van der Waals surface area contributed by atoms with E-state index in [9.17, 15) is 9.50 Å². The van der Waals surface area contributed by atoms with Crippen LogP contribution in [0, 0.1) is 12.7 Å². The minimum Gasteiger partial charge on any atom is -0.454 e.